The number of rotatable bonds is 4. The standard InChI is InChI=1S/C15H19N3O3/c16-12-10-6-7-21-14(10)13(12)18-11(19)8-17-15(20)9-4-2-1-3-5-9/h1-5,10,12-14H,6-8,16H2,(H,17,20)(H,18,19). The molecule has 0 radical (unpaired) electrons. The van der Waals surface area contributed by atoms with Crippen molar-refractivity contribution in [2.24, 2.45) is 11.7 Å². The molecule has 2 fully saturated rings. The van der Waals surface area contributed by atoms with Gasteiger partial charge in [-0.3, -0.25) is 9.59 Å². The number of hydrogen-bond acceptors (Lipinski definition) is 4. The summed E-state index contributed by atoms with van der Waals surface area (Å²) in [5.41, 5.74) is 6.55. The number of carbonyl (C=O) groups is 2. The zero-order chi connectivity index (χ0) is 14.8. The van der Waals surface area contributed by atoms with Crippen LogP contribution in [0, 0.1) is 5.92 Å². The fraction of sp³-hybridized carbons (Fsp3) is 0.467. The van der Waals surface area contributed by atoms with E-state index in [0.29, 0.717) is 18.1 Å². The van der Waals surface area contributed by atoms with Crippen molar-refractivity contribution in [2.45, 2.75) is 24.6 Å². The highest BCUT2D eigenvalue weighted by Gasteiger charge is 2.52. The van der Waals surface area contributed by atoms with Crippen molar-refractivity contribution in [3.05, 3.63) is 35.9 Å². The Morgan fingerprint density at radius 2 is 2.05 bits per heavy atom. The van der Waals surface area contributed by atoms with Gasteiger partial charge >= 0.3 is 0 Å². The summed E-state index contributed by atoms with van der Waals surface area (Å²) in [7, 11) is 0. The van der Waals surface area contributed by atoms with E-state index >= 15 is 0 Å². The molecule has 112 valence electrons. The highest BCUT2D eigenvalue weighted by Crippen LogP contribution is 2.37. The van der Waals surface area contributed by atoms with Crippen LogP contribution in [0.2, 0.25) is 0 Å². The molecule has 0 bridgehead atoms. The van der Waals surface area contributed by atoms with E-state index in [4.69, 9.17) is 10.5 Å². The average molecular weight is 289 g/mol. The van der Waals surface area contributed by atoms with Crippen molar-refractivity contribution in [3.63, 3.8) is 0 Å². The summed E-state index contributed by atoms with van der Waals surface area (Å²) in [6.45, 7) is 0.647. The van der Waals surface area contributed by atoms with Crippen LogP contribution in [0.3, 0.4) is 0 Å². The molecule has 1 aliphatic heterocycles. The Morgan fingerprint density at radius 1 is 1.29 bits per heavy atom. The molecule has 1 saturated carbocycles. The minimum Gasteiger partial charge on any atom is -0.376 e. The second-order valence-electron chi connectivity index (χ2n) is 5.51. The summed E-state index contributed by atoms with van der Waals surface area (Å²) in [5.74, 6) is -0.151. The molecular weight excluding hydrogens is 270 g/mol. The molecule has 0 aromatic heterocycles. The first kappa shape index (κ1) is 14.0. The van der Waals surface area contributed by atoms with E-state index in [-0.39, 0.29) is 36.5 Å². The van der Waals surface area contributed by atoms with Crippen LogP contribution in [-0.4, -0.2) is 43.2 Å². The van der Waals surface area contributed by atoms with E-state index in [0.717, 1.165) is 6.42 Å². The third-order valence-electron chi connectivity index (χ3n) is 4.22. The summed E-state index contributed by atoms with van der Waals surface area (Å²) in [6.07, 6.45) is 0.997. The van der Waals surface area contributed by atoms with E-state index in [1.54, 1.807) is 24.3 Å². The maximum atomic E-state index is 11.9. The number of carbonyl (C=O) groups excluding carboxylic acids is 2. The summed E-state index contributed by atoms with van der Waals surface area (Å²) < 4.78 is 5.55. The number of ether oxygens (including phenoxy) is 1. The monoisotopic (exact) mass is 289 g/mol. The summed E-state index contributed by atoms with van der Waals surface area (Å²) in [4.78, 5) is 23.7. The third-order valence-corrected chi connectivity index (χ3v) is 4.22. The predicted molar refractivity (Wildman–Crippen MR) is 76.5 cm³/mol. The van der Waals surface area contributed by atoms with Gasteiger partial charge in [0.05, 0.1) is 18.7 Å². The van der Waals surface area contributed by atoms with Crippen molar-refractivity contribution in [1.82, 2.24) is 10.6 Å². The van der Waals surface area contributed by atoms with Gasteiger partial charge in [-0.2, -0.15) is 0 Å². The Labute approximate surface area is 123 Å². The highest BCUT2D eigenvalue weighted by molar-refractivity contribution is 5.96. The zero-order valence-corrected chi connectivity index (χ0v) is 11.6. The van der Waals surface area contributed by atoms with Gasteiger partial charge in [0, 0.05) is 24.1 Å². The number of nitrogens with one attached hydrogen (secondary N) is 2. The predicted octanol–water partition coefficient (Wildman–Crippen LogP) is -0.353. The molecule has 0 spiro atoms. The lowest BCUT2D eigenvalue weighted by molar-refractivity contribution is -0.124. The van der Waals surface area contributed by atoms with Crippen LogP contribution in [0.15, 0.2) is 30.3 Å². The van der Waals surface area contributed by atoms with Crippen LogP contribution in [-0.2, 0) is 9.53 Å². The number of fused-ring (bicyclic) bond motifs is 1. The van der Waals surface area contributed by atoms with Crippen molar-refractivity contribution in [3.8, 4) is 0 Å². The number of amides is 2. The van der Waals surface area contributed by atoms with Gasteiger partial charge in [-0.15, -0.1) is 0 Å². The number of hydrogen-bond donors (Lipinski definition) is 3. The normalized spacial score (nSPS) is 30.1. The largest absolute Gasteiger partial charge is 0.376 e. The van der Waals surface area contributed by atoms with E-state index in [1.165, 1.54) is 0 Å². The van der Waals surface area contributed by atoms with Gasteiger partial charge < -0.3 is 21.1 Å². The second kappa shape index (κ2) is 5.83. The van der Waals surface area contributed by atoms with Crippen LogP contribution >= 0.6 is 0 Å². The van der Waals surface area contributed by atoms with Crippen LogP contribution in [0.1, 0.15) is 16.8 Å². The van der Waals surface area contributed by atoms with Crippen LogP contribution in [0.4, 0.5) is 0 Å². The fourth-order valence-corrected chi connectivity index (χ4v) is 3.02. The molecule has 1 saturated heterocycles. The van der Waals surface area contributed by atoms with Gasteiger partial charge in [-0.05, 0) is 18.6 Å². The first-order valence-corrected chi connectivity index (χ1v) is 7.16. The molecule has 4 atom stereocenters. The molecular formula is C15H19N3O3. The Hall–Kier alpha value is -1.92. The second-order valence-corrected chi connectivity index (χ2v) is 5.51. The quantitative estimate of drug-likeness (QED) is 0.706. The highest BCUT2D eigenvalue weighted by atomic mass is 16.5. The number of benzene rings is 1. The lowest BCUT2D eigenvalue weighted by Gasteiger charge is -2.45. The Morgan fingerprint density at radius 3 is 2.81 bits per heavy atom. The van der Waals surface area contributed by atoms with Gasteiger partial charge in [0.2, 0.25) is 5.91 Å². The summed E-state index contributed by atoms with van der Waals surface area (Å²) >= 11 is 0. The molecule has 1 heterocycles. The van der Waals surface area contributed by atoms with Crippen molar-refractivity contribution in [1.29, 1.82) is 0 Å². The summed E-state index contributed by atoms with van der Waals surface area (Å²) in [5, 5.41) is 5.43. The molecule has 2 aliphatic rings. The van der Waals surface area contributed by atoms with E-state index in [9.17, 15) is 9.59 Å². The van der Waals surface area contributed by atoms with Crippen molar-refractivity contribution >= 4 is 11.8 Å². The smallest absolute Gasteiger partial charge is 0.251 e. The molecule has 1 aliphatic carbocycles. The molecule has 6 heteroatoms. The molecule has 1 aromatic carbocycles. The van der Waals surface area contributed by atoms with Gasteiger partial charge in [-0.1, -0.05) is 18.2 Å². The Kier molecular flexibility index (Phi) is 3.90. The molecule has 4 unspecified atom stereocenters. The van der Waals surface area contributed by atoms with Crippen LogP contribution in [0.5, 0.6) is 0 Å². The first-order chi connectivity index (χ1) is 10.2. The Bertz CT molecular complexity index is 534. The third kappa shape index (κ3) is 2.77. The van der Waals surface area contributed by atoms with Crippen LogP contribution in [0.25, 0.3) is 0 Å². The lowest BCUT2D eigenvalue weighted by Crippen LogP contribution is -2.69. The maximum absolute atomic E-state index is 11.9. The first-order valence-electron chi connectivity index (χ1n) is 7.16. The molecule has 1 aromatic rings. The van der Waals surface area contributed by atoms with E-state index in [1.807, 2.05) is 6.07 Å². The lowest BCUT2D eigenvalue weighted by atomic mass is 9.72. The van der Waals surface area contributed by atoms with Crippen LogP contribution < -0.4 is 16.4 Å². The van der Waals surface area contributed by atoms with Crippen molar-refractivity contribution < 1.29 is 14.3 Å². The molecule has 4 N–H and O–H groups in total. The summed E-state index contributed by atoms with van der Waals surface area (Å²) in [6, 6.07) is 8.60. The van der Waals surface area contributed by atoms with Gasteiger partial charge in [0.1, 0.15) is 0 Å². The topological polar surface area (TPSA) is 93.4 Å². The fourth-order valence-electron chi connectivity index (χ4n) is 3.02. The van der Waals surface area contributed by atoms with E-state index in [2.05, 4.69) is 10.6 Å². The van der Waals surface area contributed by atoms with Gasteiger partial charge in [0.25, 0.3) is 5.91 Å². The zero-order valence-electron chi connectivity index (χ0n) is 11.6. The van der Waals surface area contributed by atoms with Crippen molar-refractivity contribution in [2.75, 3.05) is 13.2 Å². The van der Waals surface area contributed by atoms with Gasteiger partial charge in [-0.25, -0.2) is 0 Å². The minimum atomic E-state index is -0.265. The van der Waals surface area contributed by atoms with Gasteiger partial charge in [0.15, 0.2) is 0 Å². The maximum Gasteiger partial charge on any atom is 0.251 e. The average Bonchev–Trinajstić information content (AvgIpc) is 2.96. The van der Waals surface area contributed by atoms with E-state index < -0.39 is 0 Å². The molecule has 2 amide bonds. The number of nitrogens with two attached hydrogens (primary N) is 1. The molecule has 3 rings (SSSR count). The SMILES string of the molecule is NC1C2CCOC2C1NC(=O)CNC(=O)c1ccccc1. The molecule has 21 heavy (non-hydrogen) atoms. The molecule has 6 nitrogen and oxygen atoms in total. The minimum absolute atomic E-state index is 0.0359. The Balaban J connectivity index is 1.46.